The standard InChI is InChI=1S/C27H32N2O4S/c1-4-24-12-8-9-21(2)26(24)29(34(3,31)32)19-22-13-15-25(16-14-22)27(30)28-17-18-33-20-23-10-6-5-7-11-23/h5-16H,4,17-20H2,1-3H3,(H,28,30). The number of carbonyl (C=O) groups excluding carboxylic acids is 1. The SMILES string of the molecule is CCc1cccc(C)c1N(Cc1ccc(C(=O)NCCOCc2ccccc2)cc1)S(C)(=O)=O. The van der Waals surface area contributed by atoms with Crippen molar-refractivity contribution in [1.29, 1.82) is 0 Å². The number of nitrogens with zero attached hydrogens (tertiary/aromatic N) is 1. The smallest absolute Gasteiger partial charge is 0.251 e. The molecular formula is C27H32N2O4S. The average Bonchev–Trinajstić information content (AvgIpc) is 2.82. The fourth-order valence-electron chi connectivity index (χ4n) is 3.75. The lowest BCUT2D eigenvalue weighted by Crippen LogP contribution is -2.31. The molecule has 180 valence electrons. The molecule has 0 fully saturated rings. The fraction of sp³-hybridized carbons (Fsp3) is 0.296. The van der Waals surface area contributed by atoms with Crippen LogP contribution in [0.1, 0.15) is 39.5 Å². The predicted molar refractivity (Wildman–Crippen MR) is 136 cm³/mol. The molecule has 0 aliphatic heterocycles. The number of hydrogen-bond acceptors (Lipinski definition) is 4. The maximum atomic E-state index is 12.6. The number of rotatable bonds is 11. The zero-order chi connectivity index (χ0) is 24.6. The van der Waals surface area contributed by atoms with Gasteiger partial charge in [0, 0.05) is 12.1 Å². The molecule has 0 atom stereocenters. The first-order valence-electron chi connectivity index (χ1n) is 11.3. The Balaban J connectivity index is 1.60. The van der Waals surface area contributed by atoms with Gasteiger partial charge in [0.15, 0.2) is 0 Å². The van der Waals surface area contributed by atoms with Gasteiger partial charge in [-0.05, 0) is 47.7 Å². The Morgan fingerprint density at radius 3 is 2.29 bits per heavy atom. The fourth-order valence-corrected chi connectivity index (χ4v) is 4.73. The Morgan fingerprint density at radius 2 is 1.65 bits per heavy atom. The average molecular weight is 481 g/mol. The Morgan fingerprint density at radius 1 is 0.941 bits per heavy atom. The largest absolute Gasteiger partial charge is 0.375 e. The van der Waals surface area contributed by atoms with Gasteiger partial charge in [-0.2, -0.15) is 0 Å². The number of ether oxygens (including phenoxy) is 1. The van der Waals surface area contributed by atoms with Crippen molar-refractivity contribution in [3.63, 3.8) is 0 Å². The summed E-state index contributed by atoms with van der Waals surface area (Å²) in [5.41, 5.74) is 5.03. The minimum Gasteiger partial charge on any atom is -0.375 e. The van der Waals surface area contributed by atoms with E-state index in [9.17, 15) is 13.2 Å². The second-order valence-electron chi connectivity index (χ2n) is 8.20. The molecule has 1 N–H and O–H groups in total. The van der Waals surface area contributed by atoms with Crippen LogP contribution in [-0.4, -0.2) is 33.7 Å². The van der Waals surface area contributed by atoms with Crippen LogP contribution in [0.25, 0.3) is 0 Å². The summed E-state index contributed by atoms with van der Waals surface area (Å²) in [4.78, 5) is 12.4. The van der Waals surface area contributed by atoms with Gasteiger partial charge in [-0.3, -0.25) is 9.10 Å². The molecule has 0 radical (unpaired) electrons. The monoisotopic (exact) mass is 480 g/mol. The third kappa shape index (κ3) is 6.92. The summed E-state index contributed by atoms with van der Waals surface area (Å²) in [6.45, 7) is 5.46. The van der Waals surface area contributed by atoms with Gasteiger partial charge in [-0.25, -0.2) is 8.42 Å². The second-order valence-corrected chi connectivity index (χ2v) is 10.1. The van der Waals surface area contributed by atoms with Gasteiger partial charge in [0.25, 0.3) is 5.91 Å². The van der Waals surface area contributed by atoms with Crippen LogP contribution in [-0.2, 0) is 34.3 Å². The van der Waals surface area contributed by atoms with Crippen LogP contribution in [0, 0.1) is 6.92 Å². The molecule has 3 aromatic rings. The van der Waals surface area contributed by atoms with E-state index in [1.165, 1.54) is 10.6 Å². The Hall–Kier alpha value is -3.16. The first-order valence-corrected chi connectivity index (χ1v) is 13.2. The van der Waals surface area contributed by atoms with Gasteiger partial charge in [0.1, 0.15) is 0 Å². The van der Waals surface area contributed by atoms with E-state index < -0.39 is 10.0 Å². The van der Waals surface area contributed by atoms with Gasteiger partial charge in [-0.1, -0.05) is 67.6 Å². The number of amides is 1. The van der Waals surface area contributed by atoms with E-state index in [-0.39, 0.29) is 12.5 Å². The van der Waals surface area contributed by atoms with E-state index in [1.807, 2.05) is 62.4 Å². The molecular weight excluding hydrogens is 448 g/mol. The summed E-state index contributed by atoms with van der Waals surface area (Å²) >= 11 is 0. The molecule has 34 heavy (non-hydrogen) atoms. The van der Waals surface area contributed by atoms with Gasteiger partial charge in [0.2, 0.25) is 10.0 Å². The van der Waals surface area contributed by atoms with E-state index >= 15 is 0 Å². The zero-order valence-corrected chi connectivity index (χ0v) is 20.8. The highest BCUT2D eigenvalue weighted by molar-refractivity contribution is 7.92. The number of carbonyl (C=O) groups is 1. The molecule has 7 heteroatoms. The Bertz CT molecular complexity index is 1190. The molecule has 3 aromatic carbocycles. The lowest BCUT2D eigenvalue weighted by atomic mass is 10.1. The zero-order valence-electron chi connectivity index (χ0n) is 20.0. The van der Waals surface area contributed by atoms with E-state index in [0.717, 1.165) is 34.4 Å². The molecule has 0 bridgehead atoms. The summed E-state index contributed by atoms with van der Waals surface area (Å²) in [7, 11) is -3.50. The molecule has 1 amide bonds. The van der Waals surface area contributed by atoms with Gasteiger partial charge >= 0.3 is 0 Å². The number of benzene rings is 3. The van der Waals surface area contributed by atoms with E-state index in [1.54, 1.807) is 24.3 Å². The Labute approximate surface area is 202 Å². The van der Waals surface area contributed by atoms with Crippen LogP contribution >= 0.6 is 0 Å². The maximum absolute atomic E-state index is 12.6. The van der Waals surface area contributed by atoms with E-state index in [0.29, 0.717) is 25.3 Å². The van der Waals surface area contributed by atoms with Crippen molar-refractivity contribution in [2.24, 2.45) is 0 Å². The van der Waals surface area contributed by atoms with Crippen LogP contribution in [0.15, 0.2) is 72.8 Å². The van der Waals surface area contributed by atoms with E-state index in [2.05, 4.69) is 5.32 Å². The third-order valence-corrected chi connectivity index (χ3v) is 6.65. The number of aryl methyl sites for hydroxylation is 2. The molecule has 0 saturated heterocycles. The van der Waals surface area contributed by atoms with Crippen molar-refractivity contribution in [2.75, 3.05) is 23.7 Å². The Kier molecular flexibility index (Phi) is 8.85. The summed E-state index contributed by atoms with van der Waals surface area (Å²) < 4.78 is 32.3. The maximum Gasteiger partial charge on any atom is 0.251 e. The molecule has 3 rings (SSSR count). The van der Waals surface area contributed by atoms with Crippen molar-refractivity contribution in [2.45, 2.75) is 33.4 Å². The number of anilines is 1. The molecule has 6 nitrogen and oxygen atoms in total. The van der Waals surface area contributed by atoms with E-state index in [4.69, 9.17) is 4.74 Å². The minimum atomic E-state index is -3.50. The predicted octanol–water partition coefficient (Wildman–Crippen LogP) is 4.47. The van der Waals surface area contributed by atoms with Crippen molar-refractivity contribution in [3.8, 4) is 0 Å². The summed E-state index contributed by atoms with van der Waals surface area (Å²) in [5.74, 6) is -0.193. The highest BCUT2D eigenvalue weighted by atomic mass is 32.2. The topological polar surface area (TPSA) is 75.7 Å². The number of para-hydroxylation sites is 1. The molecule has 0 spiro atoms. The summed E-state index contributed by atoms with van der Waals surface area (Å²) in [5, 5.41) is 2.85. The first-order chi connectivity index (χ1) is 16.3. The van der Waals surface area contributed by atoms with Crippen molar-refractivity contribution < 1.29 is 17.9 Å². The van der Waals surface area contributed by atoms with Gasteiger partial charge < -0.3 is 10.1 Å². The van der Waals surface area contributed by atoms with Crippen LogP contribution in [0.3, 0.4) is 0 Å². The van der Waals surface area contributed by atoms with Gasteiger partial charge in [-0.15, -0.1) is 0 Å². The third-order valence-electron chi connectivity index (χ3n) is 5.54. The van der Waals surface area contributed by atoms with Crippen molar-refractivity contribution >= 4 is 21.6 Å². The summed E-state index contributed by atoms with van der Waals surface area (Å²) in [6.07, 6.45) is 1.96. The number of nitrogens with one attached hydrogen (secondary N) is 1. The normalized spacial score (nSPS) is 11.3. The van der Waals surface area contributed by atoms with Crippen LogP contribution in [0.5, 0.6) is 0 Å². The number of sulfonamides is 1. The quantitative estimate of drug-likeness (QED) is 0.411. The lowest BCUT2D eigenvalue weighted by Gasteiger charge is -2.26. The van der Waals surface area contributed by atoms with Crippen LogP contribution in [0.4, 0.5) is 5.69 Å². The van der Waals surface area contributed by atoms with Crippen molar-refractivity contribution in [1.82, 2.24) is 5.32 Å². The molecule has 0 unspecified atom stereocenters. The minimum absolute atomic E-state index is 0.193. The molecule has 0 saturated carbocycles. The van der Waals surface area contributed by atoms with Gasteiger partial charge in [0.05, 0.1) is 31.7 Å². The molecule has 0 aromatic heterocycles. The molecule has 0 aliphatic rings. The number of hydrogen-bond donors (Lipinski definition) is 1. The molecule has 0 aliphatic carbocycles. The highest BCUT2D eigenvalue weighted by Crippen LogP contribution is 2.29. The van der Waals surface area contributed by atoms with Crippen LogP contribution < -0.4 is 9.62 Å². The van der Waals surface area contributed by atoms with Crippen LogP contribution in [0.2, 0.25) is 0 Å². The van der Waals surface area contributed by atoms with Crippen molar-refractivity contribution in [3.05, 3.63) is 101 Å². The highest BCUT2D eigenvalue weighted by Gasteiger charge is 2.22. The second kappa shape index (κ2) is 11.8. The first kappa shape index (κ1) is 25.5. The molecule has 0 heterocycles. The lowest BCUT2D eigenvalue weighted by molar-refractivity contribution is 0.0901. The summed E-state index contributed by atoms with van der Waals surface area (Å²) in [6, 6.07) is 22.7.